The minimum atomic E-state index is -0.468. The Kier molecular flexibility index (Phi) is 4.45. The second-order valence-electron chi connectivity index (χ2n) is 4.38. The van der Waals surface area contributed by atoms with Gasteiger partial charge in [-0.05, 0) is 30.3 Å². The average molecular weight is 305 g/mol. The molecule has 0 spiro atoms. The summed E-state index contributed by atoms with van der Waals surface area (Å²) in [4.78, 5) is 23.1. The van der Waals surface area contributed by atoms with Crippen LogP contribution in [0.5, 0.6) is 5.75 Å². The normalized spacial score (nSPS) is 10.0. The van der Waals surface area contributed by atoms with Gasteiger partial charge in [0.1, 0.15) is 5.75 Å². The van der Waals surface area contributed by atoms with E-state index in [1.54, 1.807) is 30.3 Å². The van der Waals surface area contributed by atoms with Crippen LogP contribution in [0.4, 0.5) is 11.4 Å². The number of anilines is 2. The van der Waals surface area contributed by atoms with Crippen LogP contribution >= 0.6 is 11.6 Å². The highest BCUT2D eigenvalue weighted by Crippen LogP contribution is 2.24. The summed E-state index contributed by atoms with van der Waals surface area (Å²) < 4.78 is 0. The van der Waals surface area contributed by atoms with Gasteiger partial charge in [0.05, 0.1) is 5.56 Å². The first kappa shape index (κ1) is 14.9. The number of nitrogens with one attached hydrogen (secondary N) is 2. The minimum absolute atomic E-state index is 0.112. The summed E-state index contributed by atoms with van der Waals surface area (Å²) in [5, 5.41) is 15.2. The van der Waals surface area contributed by atoms with E-state index in [9.17, 15) is 14.7 Å². The Morgan fingerprint density at radius 1 is 1.05 bits per heavy atom. The largest absolute Gasteiger partial charge is 0.507 e. The number of benzene rings is 2. The smallest absolute Gasteiger partial charge is 0.259 e. The van der Waals surface area contributed by atoms with E-state index < -0.39 is 5.91 Å². The Balaban J connectivity index is 2.23. The lowest BCUT2D eigenvalue weighted by molar-refractivity contribution is -0.114. The van der Waals surface area contributed by atoms with Crippen LogP contribution < -0.4 is 10.6 Å². The molecule has 0 atom stereocenters. The van der Waals surface area contributed by atoms with Gasteiger partial charge in [-0.25, -0.2) is 0 Å². The van der Waals surface area contributed by atoms with Crippen molar-refractivity contribution in [2.75, 3.05) is 10.6 Å². The molecular formula is C15H13ClN2O3. The Morgan fingerprint density at radius 2 is 1.67 bits per heavy atom. The summed E-state index contributed by atoms with van der Waals surface area (Å²) in [6, 6.07) is 10.9. The maximum absolute atomic E-state index is 12.1. The summed E-state index contributed by atoms with van der Waals surface area (Å²) in [6.07, 6.45) is 0. The first-order valence-electron chi connectivity index (χ1n) is 6.13. The van der Waals surface area contributed by atoms with Crippen LogP contribution in [-0.4, -0.2) is 16.9 Å². The van der Waals surface area contributed by atoms with Gasteiger partial charge in [0.25, 0.3) is 5.91 Å². The third-order valence-electron chi connectivity index (χ3n) is 2.62. The van der Waals surface area contributed by atoms with E-state index >= 15 is 0 Å². The van der Waals surface area contributed by atoms with Crippen LogP contribution in [-0.2, 0) is 4.79 Å². The SMILES string of the molecule is CC(=O)Nc1cc(Cl)cc(NC(=O)c2ccccc2O)c1. The maximum atomic E-state index is 12.1. The number of aromatic hydroxyl groups is 1. The van der Waals surface area contributed by atoms with Crippen molar-refractivity contribution >= 4 is 34.8 Å². The van der Waals surface area contributed by atoms with Gasteiger partial charge in [0.15, 0.2) is 0 Å². The number of phenolic OH excluding ortho intramolecular Hbond substituents is 1. The molecule has 0 aliphatic carbocycles. The van der Waals surface area contributed by atoms with Crippen molar-refractivity contribution in [3.05, 3.63) is 53.1 Å². The first-order valence-corrected chi connectivity index (χ1v) is 6.51. The Labute approximate surface area is 126 Å². The third kappa shape index (κ3) is 3.97. The minimum Gasteiger partial charge on any atom is -0.507 e. The fourth-order valence-corrected chi connectivity index (χ4v) is 2.04. The predicted octanol–water partition coefficient (Wildman–Crippen LogP) is 3.26. The van der Waals surface area contributed by atoms with E-state index in [0.717, 1.165) is 0 Å². The highest BCUT2D eigenvalue weighted by molar-refractivity contribution is 6.31. The molecule has 0 heterocycles. The fraction of sp³-hybridized carbons (Fsp3) is 0.0667. The zero-order valence-electron chi connectivity index (χ0n) is 11.2. The van der Waals surface area contributed by atoms with Crippen molar-refractivity contribution < 1.29 is 14.7 Å². The van der Waals surface area contributed by atoms with E-state index in [2.05, 4.69) is 10.6 Å². The third-order valence-corrected chi connectivity index (χ3v) is 2.84. The maximum Gasteiger partial charge on any atom is 0.259 e. The topological polar surface area (TPSA) is 78.4 Å². The van der Waals surface area contributed by atoms with Crippen LogP contribution in [0, 0.1) is 0 Å². The van der Waals surface area contributed by atoms with E-state index in [4.69, 9.17) is 11.6 Å². The van der Waals surface area contributed by atoms with Gasteiger partial charge in [0.2, 0.25) is 5.91 Å². The van der Waals surface area contributed by atoms with Gasteiger partial charge in [-0.15, -0.1) is 0 Å². The number of phenols is 1. The zero-order valence-corrected chi connectivity index (χ0v) is 11.9. The van der Waals surface area contributed by atoms with Crippen LogP contribution in [0.15, 0.2) is 42.5 Å². The van der Waals surface area contributed by atoms with Crippen molar-refractivity contribution in [1.29, 1.82) is 0 Å². The van der Waals surface area contributed by atoms with Gasteiger partial charge < -0.3 is 15.7 Å². The summed E-state index contributed by atoms with van der Waals surface area (Å²) in [5.41, 5.74) is 1.04. The first-order chi connectivity index (χ1) is 9.95. The molecule has 2 aromatic rings. The summed E-state index contributed by atoms with van der Waals surface area (Å²) in [6.45, 7) is 1.38. The molecule has 3 N–H and O–H groups in total. The molecule has 5 nitrogen and oxygen atoms in total. The highest BCUT2D eigenvalue weighted by Gasteiger charge is 2.11. The van der Waals surface area contributed by atoms with Gasteiger partial charge in [-0.1, -0.05) is 23.7 Å². The van der Waals surface area contributed by atoms with Crippen molar-refractivity contribution in [3.8, 4) is 5.75 Å². The molecule has 2 rings (SSSR count). The average Bonchev–Trinajstić information content (AvgIpc) is 2.37. The zero-order chi connectivity index (χ0) is 15.4. The highest BCUT2D eigenvalue weighted by atomic mass is 35.5. The number of rotatable bonds is 3. The molecule has 0 bridgehead atoms. The fourth-order valence-electron chi connectivity index (χ4n) is 1.80. The van der Waals surface area contributed by atoms with Crippen LogP contribution in [0.3, 0.4) is 0 Å². The molecule has 2 aromatic carbocycles. The lowest BCUT2D eigenvalue weighted by Crippen LogP contribution is -2.12. The Bertz CT molecular complexity index is 701. The van der Waals surface area contributed by atoms with Crippen molar-refractivity contribution in [1.82, 2.24) is 0 Å². The van der Waals surface area contributed by atoms with E-state index in [1.165, 1.54) is 19.1 Å². The number of hydrogen-bond donors (Lipinski definition) is 3. The van der Waals surface area contributed by atoms with E-state index in [1.807, 2.05) is 0 Å². The molecule has 0 aromatic heterocycles. The van der Waals surface area contributed by atoms with Gasteiger partial charge >= 0.3 is 0 Å². The van der Waals surface area contributed by atoms with Crippen LogP contribution in [0.1, 0.15) is 17.3 Å². The summed E-state index contributed by atoms with van der Waals surface area (Å²) >= 11 is 5.94. The molecule has 108 valence electrons. The van der Waals surface area contributed by atoms with Crippen molar-refractivity contribution in [3.63, 3.8) is 0 Å². The van der Waals surface area contributed by atoms with Gasteiger partial charge in [-0.2, -0.15) is 0 Å². The number of amides is 2. The quantitative estimate of drug-likeness (QED) is 0.814. The molecule has 2 amide bonds. The van der Waals surface area contributed by atoms with Crippen molar-refractivity contribution in [2.24, 2.45) is 0 Å². The molecule has 21 heavy (non-hydrogen) atoms. The second kappa shape index (κ2) is 6.28. The number of halogens is 1. The molecule has 0 radical (unpaired) electrons. The lowest BCUT2D eigenvalue weighted by atomic mass is 10.2. The van der Waals surface area contributed by atoms with Crippen LogP contribution in [0.25, 0.3) is 0 Å². The molecular weight excluding hydrogens is 292 g/mol. The standard InChI is InChI=1S/C15H13ClN2O3/c1-9(19)17-11-6-10(16)7-12(8-11)18-15(21)13-4-2-3-5-14(13)20/h2-8,20H,1H3,(H,17,19)(H,18,21). The number of hydrogen-bond acceptors (Lipinski definition) is 3. The molecule has 0 saturated heterocycles. The van der Waals surface area contributed by atoms with E-state index in [-0.39, 0.29) is 17.2 Å². The molecule has 0 aliphatic rings. The number of para-hydroxylation sites is 1. The van der Waals surface area contributed by atoms with Gasteiger partial charge in [0, 0.05) is 23.3 Å². The van der Waals surface area contributed by atoms with Crippen molar-refractivity contribution in [2.45, 2.75) is 6.92 Å². The molecule has 0 fully saturated rings. The number of carbonyl (C=O) groups is 2. The lowest BCUT2D eigenvalue weighted by Gasteiger charge is -2.09. The predicted molar refractivity (Wildman–Crippen MR) is 81.8 cm³/mol. The second-order valence-corrected chi connectivity index (χ2v) is 4.82. The van der Waals surface area contributed by atoms with Crippen LogP contribution in [0.2, 0.25) is 5.02 Å². The van der Waals surface area contributed by atoms with E-state index in [0.29, 0.717) is 16.4 Å². The molecule has 0 unspecified atom stereocenters. The number of carbonyl (C=O) groups excluding carboxylic acids is 2. The summed E-state index contributed by atoms with van der Waals surface area (Å²) in [7, 11) is 0. The Hall–Kier alpha value is -2.53. The molecule has 0 aliphatic heterocycles. The summed E-state index contributed by atoms with van der Waals surface area (Å²) in [5.74, 6) is -0.821. The van der Waals surface area contributed by atoms with Gasteiger partial charge in [-0.3, -0.25) is 9.59 Å². The molecule has 0 saturated carbocycles. The molecule has 6 heteroatoms. The Morgan fingerprint density at radius 3 is 2.29 bits per heavy atom. The monoisotopic (exact) mass is 304 g/mol.